The predicted molar refractivity (Wildman–Crippen MR) is 49.3 cm³/mol. The molecule has 0 unspecified atom stereocenters. The highest BCUT2D eigenvalue weighted by Crippen LogP contribution is 2.44. The van der Waals surface area contributed by atoms with Crippen LogP contribution in [0.1, 0.15) is 46.5 Å². The van der Waals surface area contributed by atoms with Gasteiger partial charge in [-0.3, -0.25) is 0 Å². The zero-order chi connectivity index (χ0) is 8.82. The third kappa shape index (κ3) is 1.17. The van der Waals surface area contributed by atoms with Crippen LogP contribution >= 0.6 is 0 Å². The Morgan fingerprint density at radius 3 is 2.17 bits per heavy atom. The fourth-order valence-corrected chi connectivity index (χ4v) is 2.38. The fraction of sp³-hybridized carbons (Fsp3) is 1.00. The first-order chi connectivity index (χ1) is 5.52. The highest BCUT2D eigenvalue weighted by atomic mass is 15.2. The van der Waals surface area contributed by atoms with E-state index in [0.29, 0.717) is 0 Å². The van der Waals surface area contributed by atoms with Crippen LogP contribution in [0.25, 0.3) is 0 Å². The molecule has 0 radical (unpaired) electrons. The first-order valence-electron chi connectivity index (χ1n) is 4.96. The maximum atomic E-state index is 4.49. The van der Waals surface area contributed by atoms with Gasteiger partial charge in [0.25, 0.3) is 0 Å². The number of azo groups is 1. The molecule has 2 bridgehead atoms. The van der Waals surface area contributed by atoms with Gasteiger partial charge >= 0.3 is 0 Å². The van der Waals surface area contributed by atoms with E-state index in [-0.39, 0.29) is 11.1 Å². The van der Waals surface area contributed by atoms with E-state index in [9.17, 15) is 0 Å². The number of fused-ring (bicyclic) bond motifs is 3. The molecular formula is C10H18N2. The van der Waals surface area contributed by atoms with E-state index < -0.39 is 0 Å². The Balaban J connectivity index is 2.33. The molecule has 0 atom stereocenters. The van der Waals surface area contributed by atoms with Crippen molar-refractivity contribution >= 4 is 0 Å². The Morgan fingerprint density at radius 2 is 1.58 bits per heavy atom. The van der Waals surface area contributed by atoms with Gasteiger partial charge in [-0.15, -0.1) is 0 Å². The van der Waals surface area contributed by atoms with Crippen molar-refractivity contribution in [3.8, 4) is 0 Å². The fourth-order valence-electron chi connectivity index (χ4n) is 2.38. The summed E-state index contributed by atoms with van der Waals surface area (Å²) >= 11 is 0. The molecule has 68 valence electrons. The maximum absolute atomic E-state index is 4.49. The second-order valence-corrected chi connectivity index (χ2v) is 5.12. The van der Waals surface area contributed by atoms with Crippen LogP contribution in [0.15, 0.2) is 10.2 Å². The van der Waals surface area contributed by atoms with Gasteiger partial charge in [0, 0.05) is 0 Å². The molecule has 3 rings (SSSR count). The number of hydrogen-bond acceptors (Lipinski definition) is 2. The average molecular weight is 166 g/mol. The summed E-state index contributed by atoms with van der Waals surface area (Å²) in [6.45, 7) is 6.69. The standard InChI is InChI=1S/C10H18N2/c1-9(2)8-4-6-10(3,7-5-8)12-11-9/h8H,4-7H2,1-3H3. The van der Waals surface area contributed by atoms with Crippen LogP contribution in [0.2, 0.25) is 0 Å². The number of nitrogens with zero attached hydrogens (tertiary/aromatic N) is 2. The minimum absolute atomic E-state index is 0.105. The zero-order valence-corrected chi connectivity index (χ0v) is 8.30. The molecule has 12 heavy (non-hydrogen) atoms. The first-order valence-corrected chi connectivity index (χ1v) is 4.96. The molecule has 0 aromatic heterocycles. The van der Waals surface area contributed by atoms with E-state index in [2.05, 4.69) is 31.0 Å². The van der Waals surface area contributed by atoms with Crippen molar-refractivity contribution in [2.24, 2.45) is 16.1 Å². The highest BCUT2D eigenvalue weighted by molar-refractivity contribution is 4.98. The Hall–Kier alpha value is -0.400. The van der Waals surface area contributed by atoms with Crippen molar-refractivity contribution in [2.75, 3.05) is 0 Å². The van der Waals surface area contributed by atoms with Gasteiger partial charge < -0.3 is 0 Å². The van der Waals surface area contributed by atoms with E-state index in [4.69, 9.17) is 0 Å². The molecule has 2 heterocycles. The summed E-state index contributed by atoms with van der Waals surface area (Å²) in [5.41, 5.74) is 0.290. The lowest BCUT2D eigenvalue weighted by Crippen LogP contribution is -2.32. The molecule has 0 aromatic rings. The van der Waals surface area contributed by atoms with Crippen molar-refractivity contribution in [3.05, 3.63) is 0 Å². The van der Waals surface area contributed by atoms with E-state index in [0.717, 1.165) is 5.92 Å². The van der Waals surface area contributed by atoms with Crippen molar-refractivity contribution in [1.29, 1.82) is 0 Å². The van der Waals surface area contributed by atoms with Gasteiger partial charge in [-0.25, -0.2) is 0 Å². The van der Waals surface area contributed by atoms with Crippen molar-refractivity contribution < 1.29 is 0 Å². The molecule has 0 aromatic carbocycles. The van der Waals surface area contributed by atoms with Crippen LogP contribution in [0.5, 0.6) is 0 Å². The Labute approximate surface area is 74.5 Å². The summed E-state index contributed by atoms with van der Waals surface area (Å²) in [7, 11) is 0. The van der Waals surface area contributed by atoms with Crippen molar-refractivity contribution in [1.82, 2.24) is 0 Å². The van der Waals surface area contributed by atoms with Gasteiger partial charge in [0.1, 0.15) is 0 Å². The summed E-state index contributed by atoms with van der Waals surface area (Å²) in [6.07, 6.45) is 5.11. The van der Waals surface area contributed by atoms with E-state index in [1.807, 2.05) is 0 Å². The van der Waals surface area contributed by atoms with Gasteiger partial charge in [-0.05, 0) is 52.4 Å². The lowest BCUT2D eigenvalue weighted by atomic mass is 9.72. The maximum Gasteiger partial charge on any atom is 0.0788 e. The summed E-state index contributed by atoms with van der Waals surface area (Å²) in [4.78, 5) is 0. The average Bonchev–Trinajstić information content (AvgIpc) is 2.18. The zero-order valence-electron chi connectivity index (χ0n) is 8.30. The molecule has 1 aliphatic carbocycles. The van der Waals surface area contributed by atoms with Crippen molar-refractivity contribution in [2.45, 2.75) is 57.5 Å². The topological polar surface area (TPSA) is 24.7 Å². The largest absolute Gasteiger partial charge is 0.187 e. The summed E-state index contributed by atoms with van der Waals surface area (Å²) in [6, 6.07) is 0. The Bertz CT molecular complexity index is 210. The minimum atomic E-state index is 0.105. The molecule has 2 heteroatoms. The van der Waals surface area contributed by atoms with Gasteiger partial charge in [0.2, 0.25) is 0 Å². The Morgan fingerprint density at radius 1 is 1.00 bits per heavy atom. The first kappa shape index (κ1) is 8.21. The SMILES string of the molecule is CC12CCC(CC1)C(C)(C)N=N2. The third-order valence-corrected chi connectivity index (χ3v) is 3.61. The third-order valence-electron chi connectivity index (χ3n) is 3.61. The molecule has 0 saturated heterocycles. The second-order valence-electron chi connectivity index (χ2n) is 5.12. The molecule has 1 fully saturated rings. The lowest BCUT2D eigenvalue weighted by molar-refractivity contribution is 0.223. The smallest absolute Gasteiger partial charge is 0.0788 e. The molecule has 0 N–H and O–H groups in total. The van der Waals surface area contributed by atoms with Crippen LogP contribution in [-0.2, 0) is 0 Å². The van der Waals surface area contributed by atoms with Crippen LogP contribution in [-0.4, -0.2) is 11.1 Å². The molecule has 2 nitrogen and oxygen atoms in total. The van der Waals surface area contributed by atoms with Crippen molar-refractivity contribution in [3.63, 3.8) is 0 Å². The normalized spacial score (nSPS) is 44.4. The van der Waals surface area contributed by atoms with Crippen LogP contribution in [0, 0.1) is 5.92 Å². The molecule has 3 aliphatic rings. The summed E-state index contributed by atoms with van der Waals surface area (Å²) in [5.74, 6) is 0.775. The second kappa shape index (κ2) is 2.30. The quantitative estimate of drug-likeness (QED) is 0.528. The van der Waals surface area contributed by atoms with E-state index >= 15 is 0 Å². The number of hydrogen-bond donors (Lipinski definition) is 0. The molecule has 0 spiro atoms. The van der Waals surface area contributed by atoms with Gasteiger partial charge in [-0.1, -0.05) is 0 Å². The monoisotopic (exact) mass is 166 g/mol. The van der Waals surface area contributed by atoms with Crippen LogP contribution in [0.4, 0.5) is 0 Å². The predicted octanol–water partition coefficient (Wildman–Crippen LogP) is 3.18. The van der Waals surface area contributed by atoms with E-state index in [1.165, 1.54) is 25.7 Å². The summed E-state index contributed by atoms with van der Waals surface area (Å²) < 4.78 is 0. The lowest BCUT2D eigenvalue weighted by Gasteiger charge is -2.33. The summed E-state index contributed by atoms with van der Waals surface area (Å²) in [5, 5.41) is 8.97. The van der Waals surface area contributed by atoms with E-state index in [1.54, 1.807) is 0 Å². The molecule has 1 saturated carbocycles. The Kier molecular flexibility index (Phi) is 1.57. The molecule has 0 amide bonds. The molecule has 2 aliphatic heterocycles. The highest BCUT2D eigenvalue weighted by Gasteiger charge is 2.41. The number of rotatable bonds is 0. The molecular weight excluding hydrogens is 148 g/mol. The minimum Gasteiger partial charge on any atom is -0.187 e. The van der Waals surface area contributed by atoms with Crippen LogP contribution < -0.4 is 0 Å². The van der Waals surface area contributed by atoms with Gasteiger partial charge in [-0.2, -0.15) is 10.2 Å². The van der Waals surface area contributed by atoms with Gasteiger partial charge in [0.15, 0.2) is 0 Å². The van der Waals surface area contributed by atoms with Gasteiger partial charge in [0.05, 0.1) is 11.1 Å². The van der Waals surface area contributed by atoms with Crippen LogP contribution in [0.3, 0.4) is 0 Å².